The largest absolute Gasteiger partial charge is 0.481 e. The van der Waals surface area contributed by atoms with Crippen molar-refractivity contribution in [2.24, 2.45) is 23.7 Å². The van der Waals surface area contributed by atoms with Crippen LogP contribution in [0, 0.1) is 30.6 Å². The molecule has 3 fully saturated rings. The van der Waals surface area contributed by atoms with Gasteiger partial charge in [0.2, 0.25) is 5.91 Å². The third-order valence-electron chi connectivity index (χ3n) is 6.70. The maximum absolute atomic E-state index is 13.1. The van der Waals surface area contributed by atoms with Crippen LogP contribution >= 0.6 is 0 Å². The van der Waals surface area contributed by atoms with E-state index in [1.165, 1.54) is 11.1 Å². The molecule has 1 amide bonds. The van der Waals surface area contributed by atoms with Gasteiger partial charge in [-0.25, -0.2) is 0 Å². The summed E-state index contributed by atoms with van der Waals surface area (Å²) < 4.78 is 0. The number of rotatable bonds is 4. The molecule has 1 aromatic carbocycles. The molecule has 1 aliphatic heterocycles. The van der Waals surface area contributed by atoms with E-state index < -0.39 is 11.9 Å². The van der Waals surface area contributed by atoms with Crippen molar-refractivity contribution in [2.45, 2.75) is 32.7 Å². The van der Waals surface area contributed by atoms with Crippen LogP contribution in [-0.2, 0) is 16.1 Å². The number of carbonyl (C=O) groups excluding carboxylic acids is 1. The Morgan fingerprint density at radius 2 is 1.62 bits per heavy atom. The summed E-state index contributed by atoms with van der Waals surface area (Å²) in [5.41, 5.74) is 2.57. The van der Waals surface area contributed by atoms with E-state index in [1.54, 1.807) is 0 Å². The molecule has 26 heavy (non-hydrogen) atoms. The molecule has 1 N–H and O–H groups in total. The van der Waals surface area contributed by atoms with Crippen molar-refractivity contribution in [3.63, 3.8) is 0 Å². The zero-order chi connectivity index (χ0) is 18.3. The standard InChI is InChI=1S/C21H28N2O3/c1-14-2-4-15(5-3-14)13-22-8-10-23(11-9-22)20(24)18-16-6-7-17(12-16)19(18)21(25)26/h2-5,16-19H,6-13H2,1H3,(H,25,26)/t16-,17-,18-,19-/m0/s1. The van der Waals surface area contributed by atoms with Gasteiger partial charge < -0.3 is 10.0 Å². The minimum atomic E-state index is -0.770. The van der Waals surface area contributed by atoms with Crippen LogP contribution in [-0.4, -0.2) is 53.0 Å². The second-order valence-corrected chi connectivity index (χ2v) is 8.31. The Kier molecular flexibility index (Phi) is 4.74. The summed E-state index contributed by atoms with van der Waals surface area (Å²) in [4.78, 5) is 29.0. The number of piperazine rings is 1. The van der Waals surface area contributed by atoms with Gasteiger partial charge in [0.15, 0.2) is 0 Å². The number of amides is 1. The first-order valence-electron chi connectivity index (χ1n) is 9.82. The molecular formula is C21H28N2O3. The summed E-state index contributed by atoms with van der Waals surface area (Å²) in [5, 5.41) is 9.60. The van der Waals surface area contributed by atoms with Crippen LogP contribution in [0.4, 0.5) is 0 Å². The summed E-state index contributed by atoms with van der Waals surface area (Å²) in [5.74, 6) is -0.900. The average Bonchev–Trinajstić information content (AvgIpc) is 3.25. The van der Waals surface area contributed by atoms with Gasteiger partial charge in [-0.1, -0.05) is 29.8 Å². The molecule has 2 bridgehead atoms. The Balaban J connectivity index is 1.35. The monoisotopic (exact) mass is 356 g/mol. The summed E-state index contributed by atoms with van der Waals surface area (Å²) in [7, 11) is 0. The summed E-state index contributed by atoms with van der Waals surface area (Å²) in [6, 6.07) is 8.60. The van der Waals surface area contributed by atoms with Gasteiger partial charge in [0.25, 0.3) is 0 Å². The number of carbonyl (C=O) groups is 2. The van der Waals surface area contributed by atoms with Crippen molar-refractivity contribution in [3.8, 4) is 0 Å². The summed E-state index contributed by atoms with van der Waals surface area (Å²) in [6.07, 6.45) is 2.94. The van der Waals surface area contributed by atoms with Gasteiger partial charge in [-0.15, -0.1) is 0 Å². The fourth-order valence-corrected chi connectivity index (χ4v) is 5.29. The second kappa shape index (κ2) is 7.03. The van der Waals surface area contributed by atoms with E-state index in [9.17, 15) is 14.7 Å². The van der Waals surface area contributed by atoms with Gasteiger partial charge in [-0.3, -0.25) is 14.5 Å². The molecule has 0 unspecified atom stereocenters. The number of nitrogens with zero attached hydrogens (tertiary/aromatic N) is 2. The van der Waals surface area contributed by atoms with Crippen molar-refractivity contribution in [3.05, 3.63) is 35.4 Å². The van der Waals surface area contributed by atoms with E-state index in [0.717, 1.165) is 38.9 Å². The van der Waals surface area contributed by atoms with Crippen molar-refractivity contribution in [1.29, 1.82) is 0 Å². The number of benzene rings is 1. The van der Waals surface area contributed by atoms with Crippen LogP contribution in [0.1, 0.15) is 30.4 Å². The zero-order valence-corrected chi connectivity index (χ0v) is 15.4. The highest BCUT2D eigenvalue weighted by Gasteiger charge is 2.54. The first kappa shape index (κ1) is 17.5. The molecule has 0 aromatic heterocycles. The van der Waals surface area contributed by atoms with E-state index in [-0.39, 0.29) is 17.7 Å². The predicted octanol–water partition coefficient (Wildman–Crippen LogP) is 2.39. The third-order valence-corrected chi connectivity index (χ3v) is 6.70. The van der Waals surface area contributed by atoms with E-state index in [4.69, 9.17) is 0 Å². The number of aryl methyl sites for hydroxylation is 1. The second-order valence-electron chi connectivity index (χ2n) is 8.31. The number of fused-ring (bicyclic) bond motifs is 2. The van der Waals surface area contributed by atoms with Crippen molar-refractivity contribution in [2.75, 3.05) is 26.2 Å². The van der Waals surface area contributed by atoms with Crippen LogP contribution in [0.2, 0.25) is 0 Å². The molecule has 4 atom stereocenters. The van der Waals surface area contributed by atoms with Gasteiger partial charge in [0, 0.05) is 32.7 Å². The Morgan fingerprint density at radius 3 is 2.23 bits per heavy atom. The highest BCUT2D eigenvalue weighted by atomic mass is 16.4. The molecule has 5 heteroatoms. The molecular weight excluding hydrogens is 328 g/mol. The highest BCUT2D eigenvalue weighted by Crippen LogP contribution is 2.53. The molecule has 0 radical (unpaired) electrons. The molecule has 1 aromatic rings. The minimum absolute atomic E-state index is 0.0968. The van der Waals surface area contributed by atoms with Crippen LogP contribution in [0.15, 0.2) is 24.3 Å². The fourth-order valence-electron chi connectivity index (χ4n) is 5.29. The summed E-state index contributed by atoms with van der Waals surface area (Å²) in [6.45, 7) is 6.15. The van der Waals surface area contributed by atoms with Crippen LogP contribution in [0.25, 0.3) is 0 Å². The fraction of sp³-hybridized carbons (Fsp3) is 0.619. The Labute approximate surface area is 155 Å². The Bertz CT molecular complexity index is 679. The third kappa shape index (κ3) is 3.25. The number of aliphatic carboxylic acids is 1. The van der Waals surface area contributed by atoms with Gasteiger partial charge in [-0.05, 0) is 43.6 Å². The minimum Gasteiger partial charge on any atom is -0.481 e. The lowest BCUT2D eigenvalue weighted by molar-refractivity contribution is -0.153. The maximum Gasteiger partial charge on any atom is 0.307 e. The predicted molar refractivity (Wildman–Crippen MR) is 98.5 cm³/mol. The quantitative estimate of drug-likeness (QED) is 0.900. The first-order chi connectivity index (χ1) is 12.5. The average molecular weight is 356 g/mol. The zero-order valence-electron chi connectivity index (χ0n) is 15.4. The van der Waals surface area contributed by atoms with Gasteiger partial charge in [0.1, 0.15) is 0 Å². The van der Waals surface area contributed by atoms with Gasteiger partial charge in [-0.2, -0.15) is 0 Å². The lowest BCUT2D eigenvalue weighted by Gasteiger charge is -2.38. The van der Waals surface area contributed by atoms with Crippen LogP contribution in [0.3, 0.4) is 0 Å². The Morgan fingerprint density at radius 1 is 1.00 bits per heavy atom. The molecule has 2 aliphatic carbocycles. The first-order valence-corrected chi connectivity index (χ1v) is 9.82. The van der Waals surface area contributed by atoms with Gasteiger partial charge >= 0.3 is 5.97 Å². The van der Waals surface area contributed by atoms with E-state index >= 15 is 0 Å². The van der Waals surface area contributed by atoms with Crippen molar-refractivity contribution in [1.82, 2.24) is 9.80 Å². The molecule has 2 saturated carbocycles. The number of carboxylic acids is 1. The highest BCUT2D eigenvalue weighted by molar-refractivity contribution is 5.86. The van der Waals surface area contributed by atoms with E-state index in [1.807, 2.05) is 4.90 Å². The smallest absolute Gasteiger partial charge is 0.307 e. The van der Waals surface area contributed by atoms with Crippen molar-refractivity contribution >= 4 is 11.9 Å². The van der Waals surface area contributed by atoms with E-state index in [0.29, 0.717) is 19.0 Å². The SMILES string of the molecule is Cc1ccc(CN2CCN(C(=O)[C@H]3[C@H]4CC[C@@H](C4)[C@@H]3C(=O)O)CC2)cc1. The number of carboxylic acid groups (broad SMARTS) is 1. The molecule has 3 aliphatic rings. The maximum atomic E-state index is 13.1. The van der Waals surface area contributed by atoms with Crippen LogP contribution < -0.4 is 0 Å². The normalized spacial score (nSPS) is 31.3. The van der Waals surface area contributed by atoms with Gasteiger partial charge in [0.05, 0.1) is 11.8 Å². The molecule has 140 valence electrons. The molecule has 1 saturated heterocycles. The lowest BCUT2D eigenvalue weighted by Crippen LogP contribution is -2.52. The topological polar surface area (TPSA) is 60.9 Å². The molecule has 4 rings (SSSR count). The molecule has 0 spiro atoms. The van der Waals surface area contributed by atoms with Crippen LogP contribution in [0.5, 0.6) is 0 Å². The molecule has 5 nitrogen and oxygen atoms in total. The van der Waals surface area contributed by atoms with E-state index in [2.05, 4.69) is 36.1 Å². The Hall–Kier alpha value is -1.88. The lowest BCUT2D eigenvalue weighted by atomic mass is 9.78. The molecule has 1 heterocycles. The number of hydrogen-bond donors (Lipinski definition) is 1. The van der Waals surface area contributed by atoms with Crippen molar-refractivity contribution < 1.29 is 14.7 Å². The number of hydrogen-bond acceptors (Lipinski definition) is 3. The summed E-state index contributed by atoms with van der Waals surface area (Å²) >= 11 is 0.